The highest BCUT2D eigenvalue weighted by Crippen LogP contribution is 2.20. The van der Waals surface area contributed by atoms with Gasteiger partial charge in [0.15, 0.2) is 0 Å². The summed E-state index contributed by atoms with van der Waals surface area (Å²) < 4.78 is 0. The molecule has 1 atom stereocenters. The number of pyridine rings is 1. The molecule has 0 aliphatic rings. The Bertz CT molecular complexity index is 910. The van der Waals surface area contributed by atoms with E-state index in [4.69, 9.17) is 16.7 Å². The van der Waals surface area contributed by atoms with Gasteiger partial charge in [-0.1, -0.05) is 54.1 Å². The van der Waals surface area contributed by atoms with E-state index in [-0.39, 0.29) is 5.56 Å². The number of aromatic nitrogens is 1. The summed E-state index contributed by atoms with van der Waals surface area (Å²) >= 11 is 5.75. The van der Waals surface area contributed by atoms with Crippen LogP contribution in [0, 0.1) is 0 Å². The van der Waals surface area contributed by atoms with Gasteiger partial charge in [-0.05, 0) is 47.9 Å². The van der Waals surface area contributed by atoms with Crippen molar-refractivity contribution in [2.24, 2.45) is 0 Å². The molecule has 0 fully saturated rings. The first-order valence-electron chi connectivity index (χ1n) is 8.96. The number of rotatable bonds is 8. The predicted molar refractivity (Wildman–Crippen MR) is 110 cm³/mol. The Hall–Kier alpha value is -2.73. The van der Waals surface area contributed by atoms with Crippen molar-refractivity contribution in [1.82, 2.24) is 10.3 Å². The van der Waals surface area contributed by atoms with Gasteiger partial charge in [0.2, 0.25) is 0 Å². The first kappa shape index (κ1) is 20.0. The van der Waals surface area contributed by atoms with Crippen molar-refractivity contribution in [3.63, 3.8) is 0 Å². The molecule has 0 aliphatic heterocycles. The Morgan fingerprint density at radius 2 is 1.64 bits per heavy atom. The van der Waals surface area contributed by atoms with Crippen molar-refractivity contribution in [1.29, 1.82) is 0 Å². The van der Waals surface area contributed by atoms with E-state index in [2.05, 4.69) is 22.4 Å². The van der Waals surface area contributed by atoms with Crippen LogP contribution in [0.4, 0.5) is 0 Å². The second-order valence-electron chi connectivity index (χ2n) is 6.46. The average molecular weight is 397 g/mol. The molecule has 28 heavy (non-hydrogen) atoms. The fraction of sp³-hybridized carbons (Fsp3) is 0.182. The van der Waals surface area contributed by atoms with E-state index in [1.54, 1.807) is 30.5 Å². The molecule has 1 heterocycles. The minimum absolute atomic E-state index is 0.281. The number of carboxylic acid groups (broad SMARTS) is 1. The third-order valence-corrected chi connectivity index (χ3v) is 4.71. The average Bonchev–Trinajstić information content (AvgIpc) is 2.72. The van der Waals surface area contributed by atoms with Crippen LogP contribution in [0.25, 0.3) is 11.1 Å². The number of halogens is 1. The maximum atomic E-state index is 10.9. The molecule has 5 nitrogen and oxygen atoms in total. The zero-order valence-corrected chi connectivity index (χ0v) is 15.9. The highest BCUT2D eigenvalue weighted by atomic mass is 35.5. The minimum atomic E-state index is -0.924. The van der Waals surface area contributed by atoms with Gasteiger partial charge in [0, 0.05) is 18.3 Å². The van der Waals surface area contributed by atoms with Crippen LogP contribution in [0.15, 0.2) is 66.9 Å². The third-order valence-electron chi connectivity index (χ3n) is 4.48. The van der Waals surface area contributed by atoms with E-state index in [1.807, 2.05) is 24.3 Å². The number of nitrogens with one attached hydrogen (secondary N) is 1. The predicted octanol–water partition coefficient (Wildman–Crippen LogP) is 3.97. The number of nitrogens with zero attached hydrogens (tertiary/aromatic N) is 1. The van der Waals surface area contributed by atoms with E-state index >= 15 is 0 Å². The summed E-state index contributed by atoms with van der Waals surface area (Å²) in [4.78, 5) is 14.9. The van der Waals surface area contributed by atoms with Crippen LogP contribution < -0.4 is 5.32 Å². The van der Waals surface area contributed by atoms with Crippen molar-refractivity contribution < 1.29 is 15.0 Å². The van der Waals surface area contributed by atoms with Gasteiger partial charge in [-0.15, -0.1) is 0 Å². The van der Waals surface area contributed by atoms with Crippen LogP contribution in [0.5, 0.6) is 0 Å². The normalized spacial score (nSPS) is 11.9. The Morgan fingerprint density at radius 1 is 1.00 bits per heavy atom. The van der Waals surface area contributed by atoms with Crippen molar-refractivity contribution in [2.45, 2.75) is 12.5 Å². The van der Waals surface area contributed by atoms with Gasteiger partial charge >= 0.3 is 5.97 Å². The summed E-state index contributed by atoms with van der Waals surface area (Å²) in [6.45, 7) is 1.18. The molecule has 6 heteroatoms. The lowest BCUT2D eigenvalue weighted by molar-refractivity contribution is 0.0697. The van der Waals surface area contributed by atoms with Crippen molar-refractivity contribution in [3.05, 3.63) is 88.7 Å². The summed E-state index contributed by atoms with van der Waals surface area (Å²) in [6, 6.07) is 18.4. The molecular formula is C22H21ClN2O3. The number of benzene rings is 2. The van der Waals surface area contributed by atoms with E-state index in [1.165, 1.54) is 5.56 Å². The van der Waals surface area contributed by atoms with E-state index in [0.717, 1.165) is 29.7 Å². The second kappa shape index (κ2) is 9.46. The van der Waals surface area contributed by atoms with Crippen molar-refractivity contribution in [2.75, 3.05) is 13.1 Å². The van der Waals surface area contributed by atoms with Gasteiger partial charge < -0.3 is 15.5 Å². The number of carboxylic acids is 1. The zero-order chi connectivity index (χ0) is 19.9. The first-order valence-corrected chi connectivity index (χ1v) is 9.33. The standard InChI is InChI=1S/C22H21ClN2O3/c23-21-10-9-19(13-25-21)20(26)14-24-12-11-15-1-3-16(4-2-15)17-5-7-18(8-6-17)22(27)28/h1-10,13,20,24,26H,11-12,14H2,(H,27,28)/t20-/m0/s1. The van der Waals surface area contributed by atoms with Crippen LogP contribution in [0.1, 0.15) is 27.6 Å². The highest BCUT2D eigenvalue weighted by molar-refractivity contribution is 6.29. The topological polar surface area (TPSA) is 82.5 Å². The number of hydrogen-bond acceptors (Lipinski definition) is 4. The quantitative estimate of drug-likeness (QED) is 0.396. The van der Waals surface area contributed by atoms with Gasteiger partial charge in [0.25, 0.3) is 0 Å². The molecule has 1 aromatic heterocycles. The smallest absolute Gasteiger partial charge is 0.335 e. The third kappa shape index (κ3) is 5.39. The molecule has 0 bridgehead atoms. The Labute approximate surface area is 168 Å². The molecule has 0 saturated carbocycles. The zero-order valence-electron chi connectivity index (χ0n) is 15.2. The van der Waals surface area contributed by atoms with Crippen LogP contribution >= 0.6 is 11.6 Å². The van der Waals surface area contributed by atoms with Gasteiger partial charge in [-0.25, -0.2) is 9.78 Å². The van der Waals surface area contributed by atoms with Crippen molar-refractivity contribution >= 4 is 17.6 Å². The number of carbonyl (C=O) groups is 1. The minimum Gasteiger partial charge on any atom is -0.478 e. The van der Waals surface area contributed by atoms with Crippen LogP contribution in [0.2, 0.25) is 5.15 Å². The summed E-state index contributed by atoms with van der Waals surface area (Å²) in [5.41, 5.74) is 4.22. The molecule has 0 unspecified atom stereocenters. The molecule has 0 radical (unpaired) electrons. The number of aromatic carboxylic acids is 1. The van der Waals surface area contributed by atoms with Crippen molar-refractivity contribution in [3.8, 4) is 11.1 Å². The van der Waals surface area contributed by atoms with Crippen LogP contribution in [-0.4, -0.2) is 34.3 Å². The molecule has 2 aromatic carbocycles. The fourth-order valence-corrected chi connectivity index (χ4v) is 2.95. The SMILES string of the molecule is O=C(O)c1ccc(-c2ccc(CCNC[C@H](O)c3ccc(Cl)nc3)cc2)cc1. The van der Waals surface area contributed by atoms with E-state index in [0.29, 0.717) is 11.7 Å². The maximum Gasteiger partial charge on any atom is 0.335 e. The van der Waals surface area contributed by atoms with Gasteiger partial charge in [-0.2, -0.15) is 0 Å². The number of hydrogen-bond donors (Lipinski definition) is 3. The molecule has 0 amide bonds. The fourth-order valence-electron chi connectivity index (χ4n) is 2.84. The largest absolute Gasteiger partial charge is 0.478 e. The molecule has 3 N–H and O–H groups in total. The molecule has 0 saturated heterocycles. The Morgan fingerprint density at radius 3 is 2.21 bits per heavy atom. The number of aliphatic hydroxyl groups excluding tert-OH is 1. The van der Waals surface area contributed by atoms with Gasteiger partial charge in [-0.3, -0.25) is 0 Å². The summed E-state index contributed by atoms with van der Waals surface area (Å²) in [7, 11) is 0. The molecule has 0 aliphatic carbocycles. The Balaban J connectivity index is 1.48. The highest BCUT2D eigenvalue weighted by Gasteiger charge is 2.07. The molecule has 144 valence electrons. The van der Waals surface area contributed by atoms with Gasteiger partial charge in [0.05, 0.1) is 11.7 Å². The van der Waals surface area contributed by atoms with Crippen LogP contribution in [0.3, 0.4) is 0 Å². The van der Waals surface area contributed by atoms with E-state index in [9.17, 15) is 9.90 Å². The lowest BCUT2D eigenvalue weighted by atomic mass is 10.0. The lowest BCUT2D eigenvalue weighted by Gasteiger charge is -2.12. The molecule has 3 rings (SSSR count). The number of aliphatic hydroxyl groups is 1. The molecule has 3 aromatic rings. The monoisotopic (exact) mass is 396 g/mol. The summed E-state index contributed by atoms with van der Waals surface area (Å²) in [5.74, 6) is -0.924. The maximum absolute atomic E-state index is 10.9. The lowest BCUT2D eigenvalue weighted by Crippen LogP contribution is -2.23. The second-order valence-corrected chi connectivity index (χ2v) is 6.85. The molecular weight excluding hydrogens is 376 g/mol. The summed E-state index contributed by atoms with van der Waals surface area (Å²) in [6.07, 6.45) is 1.79. The Kier molecular flexibility index (Phi) is 6.76. The first-order chi connectivity index (χ1) is 13.5. The molecule has 0 spiro atoms. The van der Waals surface area contributed by atoms with E-state index < -0.39 is 12.1 Å². The van der Waals surface area contributed by atoms with Crippen LogP contribution in [-0.2, 0) is 6.42 Å². The summed E-state index contributed by atoms with van der Waals surface area (Å²) in [5, 5.41) is 22.8. The van der Waals surface area contributed by atoms with Gasteiger partial charge in [0.1, 0.15) is 5.15 Å².